The molecule has 1 heterocycles. The van der Waals surface area contributed by atoms with E-state index < -0.39 is 0 Å². The summed E-state index contributed by atoms with van der Waals surface area (Å²) in [5, 5.41) is 7.70. The molecule has 2 unspecified atom stereocenters. The van der Waals surface area contributed by atoms with E-state index in [0.29, 0.717) is 11.8 Å². The number of hydrogen-bond acceptors (Lipinski definition) is 3. The molecule has 108 valence electrons. The Morgan fingerprint density at radius 2 is 1.84 bits per heavy atom. The highest BCUT2D eigenvalue weighted by molar-refractivity contribution is 5.87. The molecule has 4 nitrogen and oxygen atoms in total. The quantitative estimate of drug-likeness (QED) is 0.608. The second-order valence-electron chi connectivity index (χ2n) is 6.12. The number of carbonyl (C=O) groups excluding carboxylic acids is 1. The number of piperidine rings is 1. The summed E-state index contributed by atoms with van der Waals surface area (Å²) >= 11 is 0. The molecule has 0 aromatic heterocycles. The Hall–Kier alpha value is -0.900. The molecule has 2 atom stereocenters. The van der Waals surface area contributed by atoms with E-state index in [1.54, 1.807) is 0 Å². The molecule has 19 heavy (non-hydrogen) atoms. The monoisotopic (exact) mass is 265 g/mol. The summed E-state index contributed by atoms with van der Waals surface area (Å²) in [6, 6.07) is 0. The van der Waals surface area contributed by atoms with Crippen LogP contribution in [0.2, 0.25) is 0 Å². The molecule has 2 N–H and O–H groups in total. The Bertz CT molecular complexity index is 334. The van der Waals surface area contributed by atoms with Crippen molar-refractivity contribution >= 4 is 11.6 Å². The minimum absolute atomic E-state index is 0.125. The lowest BCUT2D eigenvalue weighted by atomic mass is 9.80. The average molecular weight is 265 g/mol. The predicted molar refractivity (Wildman–Crippen MR) is 78.0 cm³/mol. The summed E-state index contributed by atoms with van der Waals surface area (Å²) in [7, 11) is 0. The third kappa shape index (κ3) is 4.03. The van der Waals surface area contributed by atoms with Crippen molar-refractivity contribution in [1.82, 2.24) is 10.7 Å². The Labute approximate surface area is 116 Å². The van der Waals surface area contributed by atoms with Gasteiger partial charge in [0, 0.05) is 17.5 Å². The summed E-state index contributed by atoms with van der Waals surface area (Å²) in [6.45, 7) is 6.35. The molecular formula is C15H27N3O. The van der Waals surface area contributed by atoms with Crippen molar-refractivity contribution in [3.05, 3.63) is 0 Å². The molecule has 2 rings (SSSR count). The normalized spacial score (nSPS) is 30.1. The van der Waals surface area contributed by atoms with Crippen molar-refractivity contribution in [1.29, 1.82) is 0 Å². The second kappa shape index (κ2) is 7.04. The topological polar surface area (TPSA) is 53.5 Å². The Balaban J connectivity index is 1.84. The van der Waals surface area contributed by atoms with Crippen molar-refractivity contribution in [3.8, 4) is 0 Å². The van der Waals surface area contributed by atoms with Gasteiger partial charge in [-0.05, 0) is 51.6 Å². The van der Waals surface area contributed by atoms with Crippen LogP contribution in [0.3, 0.4) is 0 Å². The Kier molecular flexibility index (Phi) is 5.37. The van der Waals surface area contributed by atoms with Crippen molar-refractivity contribution < 1.29 is 4.79 Å². The van der Waals surface area contributed by atoms with Gasteiger partial charge >= 0.3 is 0 Å². The SMILES string of the molecule is C/C(=N\NC(=O)C1CCCCC1C)C1CCNCC1. The second-order valence-corrected chi connectivity index (χ2v) is 6.12. The van der Waals surface area contributed by atoms with Gasteiger partial charge in [-0.3, -0.25) is 4.79 Å². The average Bonchev–Trinajstić information content (AvgIpc) is 2.46. The standard InChI is InChI=1S/C15H27N3O/c1-11-5-3-4-6-14(11)15(19)18-17-12(2)13-7-9-16-10-8-13/h11,13-14,16H,3-10H2,1-2H3,(H,18,19)/b17-12+. The largest absolute Gasteiger partial charge is 0.317 e. The van der Waals surface area contributed by atoms with Crippen molar-refractivity contribution in [2.24, 2.45) is 22.9 Å². The van der Waals surface area contributed by atoms with Gasteiger partial charge in [-0.15, -0.1) is 0 Å². The predicted octanol–water partition coefficient (Wildman–Crippen LogP) is 2.30. The highest BCUT2D eigenvalue weighted by Gasteiger charge is 2.27. The van der Waals surface area contributed by atoms with Crippen molar-refractivity contribution in [2.75, 3.05) is 13.1 Å². The van der Waals surface area contributed by atoms with Gasteiger partial charge < -0.3 is 5.32 Å². The molecule has 2 fully saturated rings. The lowest BCUT2D eigenvalue weighted by Crippen LogP contribution is -2.35. The van der Waals surface area contributed by atoms with Gasteiger partial charge in [0.25, 0.3) is 0 Å². The molecule has 2 aliphatic rings. The van der Waals surface area contributed by atoms with Crippen LogP contribution in [0.15, 0.2) is 5.10 Å². The summed E-state index contributed by atoms with van der Waals surface area (Å²) in [5.41, 5.74) is 3.89. The van der Waals surface area contributed by atoms with Crippen LogP contribution in [0.25, 0.3) is 0 Å². The van der Waals surface area contributed by atoms with Gasteiger partial charge in [-0.1, -0.05) is 19.8 Å². The lowest BCUT2D eigenvalue weighted by Gasteiger charge is -2.27. The van der Waals surface area contributed by atoms with Crippen molar-refractivity contribution in [3.63, 3.8) is 0 Å². The van der Waals surface area contributed by atoms with E-state index in [-0.39, 0.29) is 11.8 Å². The van der Waals surface area contributed by atoms with E-state index >= 15 is 0 Å². The summed E-state index contributed by atoms with van der Waals surface area (Å²) in [6.07, 6.45) is 6.90. The molecule has 1 saturated heterocycles. The highest BCUT2D eigenvalue weighted by atomic mass is 16.2. The van der Waals surface area contributed by atoms with E-state index in [0.717, 1.165) is 38.1 Å². The molecule has 0 aromatic rings. The van der Waals surface area contributed by atoms with Crippen LogP contribution in [0, 0.1) is 17.8 Å². The zero-order valence-electron chi connectivity index (χ0n) is 12.2. The maximum Gasteiger partial charge on any atom is 0.243 e. The fourth-order valence-corrected chi connectivity index (χ4v) is 3.26. The van der Waals surface area contributed by atoms with E-state index in [1.807, 2.05) is 6.92 Å². The zero-order chi connectivity index (χ0) is 13.7. The highest BCUT2D eigenvalue weighted by Crippen LogP contribution is 2.29. The number of nitrogens with one attached hydrogen (secondary N) is 2. The first-order valence-electron chi connectivity index (χ1n) is 7.73. The van der Waals surface area contributed by atoms with Crippen LogP contribution in [0.1, 0.15) is 52.4 Å². The molecule has 0 radical (unpaired) electrons. The number of rotatable bonds is 3. The maximum atomic E-state index is 12.2. The molecule has 0 bridgehead atoms. The molecule has 1 saturated carbocycles. The van der Waals surface area contributed by atoms with Crippen molar-refractivity contribution in [2.45, 2.75) is 52.4 Å². The third-order valence-corrected chi connectivity index (χ3v) is 4.72. The van der Waals surface area contributed by atoms with Crippen LogP contribution >= 0.6 is 0 Å². The van der Waals surface area contributed by atoms with Crippen LogP contribution in [0.5, 0.6) is 0 Å². The first-order chi connectivity index (χ1) is 9.18. The molecule has 4 heteroatoms. The molecular weight excluding hydrogens is 238 g/mol. The maximum absolute atomic E-state index is 12.2. The number of hydrogen-bond donors (Lipinski definition) is 2. The van der Waals surface area contributed by atoms with Crippen LogP contribution in [-0.4, -0.2) is 24.7 Å². The number of nitrogens with zero attached hydrogens (tertiary/aromatic N) is 1. The first-order valence-corrected chi connectivity index (χ1v) is 7.73. The van der Waals surface area contributed by atoms with Gasteiger partial charge in [0.2, 0.25) is 5.91 Å². The minimum Gasteiger partial charge on any atom is -0.317 e. The van der Waals surface area contributed by atoms with Gasteiger partial charge in [0.1, 0.15) is 0 Å². The number of carbonyl (C=O) groups is 1. The summed E-state index contributed by atoms with van der Waals surface area (Å²) in [4.78, 5) is 12.2. The van der Waals surface area contributed by atoms with E-state index in [2.05, 4.69) is 22.8 Å². The van der Waals surface area contributed by atoms with E-state index in [4.69, 9.17) is 0 Å². The molecule has 1 aliphatic carbocycles. The fourth-order valence-electron chi connectivity index (χ4n) is 3.26. The molecule has 0 spiro atoms. The molecule has 0 aromatic carbocycles. The zero-order valence-corrected chi connectivity index (χ0v) is 12.2. The first kappa shape index (κ1) is 14.5. The van der Waals surface area contributed by atoms with E-state index in [9.17, 15) is 4.79 Å². The number of amides is 1. The Morgan fingerprint density at radius 1 is 1.16 bits per heavy atom. The fraction of sp³-hybridized carbons (Fsp3) is 0.867. The Morgan fingerprint density at radius 3 is 2.53 bits per heavy atom. The summed E-state index contributed by atoms with van der Waals surface area (Å²) < 4.78 is 0. The van der Waals surface area contributed by atoms with Gasteiger partial charge in [0.05, 0.1) is 0 Å². The van der Waals surface area contributed by atoms with E-state index in [1.165, 1.54) is 19.3 Å². The van der Waals surface area contributed by atoms with Gasteiger partial charge in [0.15, 0.2) is 0 Å². The molecule has 1 aliphatic heterocycles. The van der Waals surface area contributed by atoms with Gasteiger partial charge in [-0.2, -0.15) is 5.10 Å². The molecule has 1 amide bonds. The third-order valence-electron chi connectivity index (χ3n) is 4.72. The van der Waals surface area contributed by atoms with Crippen LogP contribution in [-0.2, 0) is 4.79 Å². The smallest absolute Gasteiger partial charge is 0.243 e. The summed E-state index contributed by atoms with van der Waals surface area (Å²) in [5.74, 6) is 1.33. The number of hydrazone groups is 1. The lowest BCUT2D eigenvalue weighted by molar-refractivity contribution is -0.127. The van der Waals surface area contributed by atoms with Gasteiger partial charge in [-0.25, -0.2) is 5.43 Å². The van der Waals surface area contributed by atoms with Crippen LogP contribution < -0.4 is 10.7 Å². The minimum atomic E-state index is 0.125. The van der Waals surface area contributed by atoms with Crippen LogP contribution in [0.4, 0.5) is 0 Å².